The van der Waals surface area contributed by atoms with Gasteiger partial charge < -0.3 is 22.8 Å². The van der Waals surface area contributed by atoms with Crippen LogP contribution in [0.5, 0.6) is 0 Å². The lowest BCUT2D eigenvalue weighted by atomic mass is 9.99. The van der Waals surface area contributed by atoms with Crippen LogP contribution in [0, 0.1) is 11.8 Å². The molecule has 0 saturated carbocycles. The highest BCUT2D eigenvalue weighted by molar-refractivity contribution is 6.74. The van der Waals surface area contributed by atoms with E-state index in [0.29, 0.717) is 32.8 Å². The molecular weight excluding hydrogens is 669 g/mol. The maximum Gasteiger partial charge on any atom is 0.343 e. The first-order valence-electron chi connectivity index (χ1n) is 18.7. The molecule has 0 aromatic heterocycles. The molecule has 0 bridgehead atoms. The number of hydrogen-bond donors (Lipinski definition) is 0. The minimum atomic E-state index is -2.96. The van der Waals surface area contributed by atoms with Gasteiger partial charge in [-0.3, -0.25) is 4.79 Å². The van der Waals surface area contributed by atoms with Gasteiger partial charge in [-0.1, -0.05) is 142 Å². The number of hydrogen-bond acceptors (Lipinski definition) is 6. The van der Waals surface area contributed by atoms with Crippen molar-refractivity contribution in [3.63, 3.8) is 0 Å². The first-order valence-corrected chi connectivity index (χ1v) is 23.6. The maximum atomic E-state index is 12.1. The summed E-state index contributed by atoms with van der Waals surface area (Å²) in [5, 5.41) is 0.0518. The Morgan fingerprint density at radius 2 is 1.25 bits per heavy atom. The number of benzene rings is 2. The number of rotatable bonds is 24. The lowest BCUT2D eigenvalue weighted by Gasteiger charge is -2.43. The van der Waals surface area contributed by atoms with Crippen LogP contribution in [-0.2, 0) is 40.8 Å². The van der Waals surface area contributed by atoms with E-state index in [9.17, 15) is 4.79 Å². The van der Waals surface area contributed by atoms with Gasteiger partial charge in [0.15, 0.2) is 14.1 Å². The molecule has 0 saturated heterocycles. The summed E-state index contributed by atoms with van der Waals surface area (Å²) < 4.78 is 34.6. The van der Waals surface area contributed by atoms with Crippen molar-refractivity contribution in [1.82, 2.24) is 0 Å². The molecule has 0 aliphatic rings. The lowest BCUT2D eigenvalue weighted by molar-refractivity contribution is -0.110. The highest BCUT2D eigenvalue weighted by atomic mass is 28.4. The molecule has 2 aromatic carbocycles. The Morgan fingerprint density at radius 1 is 0.745 bits per heavy atom. The van der Waals surface area contributed by atoms with Gasteiger partial charge in [-0.05, 0) is 52.5 Å². The third kappa shape index (κ3) is 14.5. The van der Waals surface area contributed by atoms with Crippen LogP contribution in [0.2, 0.25) is 29.2 Å². The molecule has 6 nitrogen and oxygen atoms in total. The number of carbonyl (C=O) groups excluding carboxylic acids is 1. The van der Waals surface area contributed by atoms with Crippen molar-refractivity contribution in [2.75, 3.05) is 13.2 Å². The second-order valence-electron chi connectivity index (χ2n) is 16.0. The second-order valence-corrected chi connectivity index (χ2v) is 25.1. The van der Waals surface area contributed by atoms with E-state index >= 15 is 0 Å². The molecule has 0 amide bonds. The maximum absolute atomic E-state index is 12.1. The molecule has 0 heterocycles. The van der Waals surface area contributed by atoms with Gasteiger partial charge in [0.2, 0.25) is 0 Å². The summed E-state index contributed by atoms with van der Waals surface area (Å²) in [6, 6.07) is 20.4. The normalized spacial score (nSPS) is 15.9. The van der Waals surface area contributed by atoms with Gasteiger partial charge in [0.25, 0.3) is 0 Å². The molecule has 0 N–H and O–H groups in total. The van der Waals surface area contributed by atoms with Crippen LogP contribution in [0.25, 0.3) is 0 Å². The van der Waals surface area contributed by atoms with Crippen LogP contribution in [0.1, 0.15) is 79.9 Å². The number of ketones is 1. The standard InChI is InChI=1S/C43H68O6Si2/c1-14-35(7)41(45-29-37-22-18-16-19-23-37)28-40(31-47-50(12,13)43(9,10)11)49-51(33(3)4,34(5)6)48-32-42(36(8)26-27-39(44)15-2)46-30-38-24-20-17-21-25-38/h14-27,33-36,40-42H,1-2,28-32H2,3-13H3/b27-26+/t35-,36-,40-,41+,42-/m0/s1. The average molecular weight is 737 g/mol. The molecule has 0 radical (unpaired) electrons. The van der Waals surface area contributed by atoms with E-state index in [-0.39, 0.29) is 52.1 Å². The van der Waals surface area contributed by atoms with Gasteiger partial charge in [-0.2, -0.15) is 0 Å². The fourth-order valence-electron chi connectivity index (χ4n) is 5.64. The van der Waals surface area contributed by atoms with Crippen molar-refractivity contribution in [2.24, 2.45) is 11.8 Å². The SMILES string of the molecule is C=CC(=O)/C=C/[C@H](C)[C@H](CO[Si](O[C@H](CO[Si](C)(C)C(C)(C)C)C[C@@H](OCc1ccccc1)[C@@H](C)C=C)(C(C)C)C(C)C)OCc1ccccc1. The highest BCUT2D eigenvalue weighted by Gasteiger charge is 2.48. The summed E-state index contributed by atoms with van der Waals surface area (Å²) in [7, 11) is -5.06. The van der Waals surface area contributed by atoms with E-state index in [2.05, 4.69) is 113 Å². The summed E-state index contributed by atoms with van der Waals surface area (Å²) in [5.41, 5.74) is 2.48. The minimum Gasteiger partial charge on any atom is -0.414 e. The Balaban J connectivity index is 2.47. The number of carbonyl (C=O) groups is 1. The van der Waals surface area contributed by atoms with E-state index in [0.717, 1.165) is 11.1 Å². The van der Waals surface area contributed by atoms with Crippen LogP contribution in [-0.4, -0.2) is 54.2 Å². The summed E-state index contributed by atoms with van der Waals surface area (Å²) in [6.07, 6.45) is 6.68. The predicted octanol–water partition coefficient (Wildman–Crippen LogP) is 11.0. The van der Waals surface area contributed by atoms with E-state index in [1.165, 1.54) is 6.08 Å². The van der Waals surface area contributed by atoms with E-state index < -0.39 is 16.9 Å². The van der Waals surface area contributed by atoms with Gasteiger partial charge in [0.05, 0.1) is 44.7 Å². The molecule has 51 heavy (non-hydrogen) atoms. The van der Waals surface area contributed by atoms with E-state index in [1.807, 2.05) is 48.6 Å². The fourth-order valence-corrected chi connectivity index (χ4v) is 10.4. The molecule has 0 spiro atoms. The van der Waals surface area contributed by atoms with Crippen molar-refractivity contribution in [2.45, 2.75) is 129 Å². The zero-order valence-corrected chi connectivity index (χ0v) is 35.5. The monoisotopic (exact) mass is 736 g/mol. The van der Waals surface area contributed by atoms with Gasteiger partial charge >= 0.3 is 8.56 Å². The molecule has 0 fully saturated rings. The first-order chi connectivity index (χ1) is 24.0. The van der Waals surface area contributed by atoms with Gasteiger partial charge in [0, 0.05) is 18.3 Å². The first kappa shape index (κ1) is 44.7. The topological polar surface area (TPSA) is 63.2 Å². The number of allylic oxidation sites excluding steroid dienone is 2. The summed E-state index contributed by atoms with van der Waals surface area (Å²) in [6.45, 7) is 33.9. The van der Waals surface area contributed by atoms with Gasteiger partial charge in [-0.25, -0.2) is 0 Å². The predicted molar refractivity (Wildman–Crippen MR) is 217 cm³/mol. The van der Waals surface area contributed by atoms with Crippen molar-refractivity contribution >= 4 is 22.7 Å². The Morgan fingerprint density at radius 3 is 1.71 bits per heavy atom. The Hall–Kier alpha value is -2.44. The Bertz CT molecular complexity index is 1330. The van der Waals surface area contributed by atoms with Crippen LogP contribution < -0.4 is 0 Å². The summed E-state index contributed by atoms with van der Waals surface area (Å²) >= 11 is 0. The zero-order valence-electron chi connectivity index (χ0n) is 33.5. The van der Waals surface area contributed by atoms with Crippen molar-refractivity contribution < 1.29 is 27.5 Å². The molecule has 0 aliphatic carbocycles. The van der Waals surface area contributed by atoms with Gasteiger partial charge in [0.1, 0.15) is 0 Å². The van der Waals surface area contributed by atoms with Crippen molar-refractivity contribution in [3.8, 4) is 0 Å². The molecule has 2 aromatic rings. The van der Waals surface area contributed by atoms with Crippen LogP contribution in [0.3, 0.4) is 0 Å². The third-order valence-corrected chi connectivity index (χ3v) is 19.3. The van der Waals surface area contributed by atoms with E-state index in [4.69, 9.17) is 22.8 Å². The molecule has 5 atom stereocenters. The molecule has 8 heteroatoms. The number of ether oxygens (including phenoxy) is 2. The van der Waals surface area contributed by atoms with Gasteiger partial charge in [-0.15, -0.1) is 6.58 Å². The Labute approximate surface area is 313 Å². The largest absolute Gasteiger partial charge is 0.414 e. The molecule has 0 unspecified atom stereocenters. The summed E-state index contributed by atoms with van der Waals surface area (Å²) in [5.74, 6) is -0.127. The van der Waals surface area contributed by atoms with Crippen molar-refractivity contribution in [1.29, 1.82) is 0 Å². The van der Waals surface area contributed by atoms with Crippen molar-refractivity contribution in [3.05, 3.63) is 109 Å². The van der Waals surface area contributed by atoms with Crippen LogP contribution >= 0.6 is 0 Å². The third-order valence-electron chi connectivity index (χ3n) is 10.3. The van der Waals surface area contributed by atoms with Crippen LogP contribution in [0.15, 0.2) is 98.1 Å². The van der Waals surface area contributed by atoms with E-state index in [1.54, 1.807) is 6.08 Å². The molecular formula is C43H68O6Si2. The molecule has 0 aliphatic heterocycles. The smallest absolute Gasteiger partial charge is 0.343 e. The molecule has 284 valence electrons. The van der Waals surface area contributed by atoms with Crippen LogP contribution in [0.4, 0.5) is 0 Å². The highest BCUT2D eigenvalue weighted by Crippen LogP contribution is 2.40. The zero-order chi connectivity index (χ0) is 38.2. The summed E-state index contributed by atoms with van der Waals surface area (Å²) in [4.78, 5) is 12.1. The minimum absolute atomic E-state index is 0.0518. The Kier molecular flexibility index (Phi) is 18.7. The fraction of sp³-hybridized carbons (Fsp3) is 0.558. The quantitative estimate of drug-likeness (QED) is 0.0607. The average Bonchev–Trinajstić information content (AvgIpc) is 3.09. The lowest BCUT2D eigenvalue weighted by Crippen LogP contribution is -2.54. The second kappa shape index (κ2) is 21.3. The molecule has 2 rings (SSSR count).